The molecule has 0 aliphatic rings. The minimum atomic E-state index is -0.281. The van der Waals surface area contributed by atoms with Crippen LogP contribution in [0.4, 0.5) is 10.2 Å². The van der Waals surface area contributed by atoms with E-state index in [-0.39, 0.29) is 5.82 Å². The minimum absolute atomic E-state index is 0.281. The fraction of sp³-hybridized carbons (Fsp3) is 0.0714. The molecule has 0 aliphatic carbocycles. The molecular formula is C14H12FN3O. The van der Waals surface area contributed by atoms with Gasteiger partial charge in [-0.2, -0.15) is 5.10 Å². The maximum Gasteiger partial charge on any atom is 0.129 e. The quantitative estimate of drug-likeness (QED) is 0.767. The van der Waals surface area contributed by atoms with Gasteiger partial charge < -0.3 is 10.2 Å². The average molecular weight is 257 g/mol. The molecule has 4 nitrogen and oxygen atoms in total. The highest BCUT2D eigenvalue weighted by atomic mass is 19.1. The van der Waals surface area contributed by atoms with Crippen molar-refractivity contribution >= 4 is 5.82 Å². The van der Waals surface area contributed by atoms with Gasteiger partial charge in [0.05, 0.1) is 18.1 Å². The molecule has 2 aromatic heterocycles. The van der Waals surface area contributed by atoms with E-state index in [1.807, 2.05) is 6.07 Å². The summed E-state index contributed by atoms with van der Waals surface area (Å²) < 4.78 is 19.7. The van der Waals surface area contributed by atoms with Gasteiger partial charge in [0.2, 0.25) is 0 Å². The third-order valence-corrected chi connectivity index (χ3v) is 3.02. The van der Waals surface area contributed by atoms with E-state index in [9.17, 15) is 4.39 Å². The Balaban J connectivity index is 2.22. The van der Waals surface area contributed by atoms with Gasteiger partial charge in [0.1, 0.15) is 17.3 Å². The Morgan fingerprint density at radius 2 is 1.89 bits per heavy atom. The van der Waals surface area contributed by atoms with Crippen LogP contribution in [0.25, 0.3) is 22.4 Å². The highest BCUT2D eigenvalue weighted by molar-refractivity contribution is 5.87. The standard InChI is InChI=1S/C14H12FN3O/c1-18-14(16)12(9-2-4-11(15)5-3-9)13(17-18)10-6-7-19-8-10/h2-8H,16H2,1H3. The molecular weight excluding hydrogens is 245 g/mol. The molecule has 0 radical (unpaired) electrons. The molecule has 0 saturated heterocycles. The van der Waals surface area contributed by atoms with Crippen LogP contribution in [0.5, 0.6) is 0 Å². The summed E-state index contributed by atoms with van der Waals surface area (Å²) in [6.45, 7) is 0. The summed E-state index contributed by atoms with van der Waals surface area (Å²) >= 11 is 0. The summed E-state index contributed by atoms with van der Waals surface area (Å²) in [6.07, 6.45) is 3.18. The Kier molecular flexibility index (Phi) is 2.59. The second kappa shape index (κ2) is 4.28. The summed E-state index contributed by atoms with van der Waals surface area (Å²) in [5, 5.41) is 4.39. The topological polar surface area (TPSA) is 57.0 Å². The fourth-order valence-corrected chi connectivity index (χ4v) is 2.04. The van der Waals surface area contributed by atoms with E-state index < -0.39 is 0 Å². The Labute approximate surface area is 109 Å². The summed E-state index contributed by atoms with van der Waals surface area (Å²) in [4.78, 5) is 0. The predicted octanol–water partition coefficient (Wildman–Crippen LogP) is 3.07. The zero-order valence-electron chi connectivity index (χ0n) is 10.3. The van der Waals surface area contributed by atoms with Gasteiger partial charge in [-0.3, -0.25) is 4.68 Å². The van der Waals surface area contributed by atoms with Crippen molar-refractivity contribution in [2.45, 2.75) is 0 Å². The van der Waals surface area contributed by atoms with Crippen LogP contribution in [-0.4, -0.2) is 9.78 Å². The second-order valence-corrected chi connectivity index (χ2v) is 4.25. The number of nitrogens with two attached hydrogens (primary N) is 1. The van der Waals surface area contributed by atoms with Gasteiger partial charge in [-0.1, -0.05) is 12.1 Å². The second-order valence-electron chi connectivity index (χ2n) is 4.25. The normalized spacial score (nSPS) is 10.8. The number of rotatable bonds is 2. The Morgan fingerprint density at radius 3 is 2.53 bits per heavy atom. The van der Waals surface area contributed by atoms with Crippen LogP contribution < -0.4 is 5.73 Å². The summed E-state index contributed by atoms with van der Waals surface area (Å²) in [5.74, 6) is 0.249. The number of hydrogen-bond acceptors (Lipinski definition) is 3. The average Bonchev–Trinajstić information content (AvgIpc) is 3.01. The molecule has 1 aromatic carbocycles. The Bertz CT molecular complexity index is 699. The van der Waals surface area contributed by atoms with E-state index in [1.165, 1.54) is 12.1 Å². The van der Waals surface area contributed by atoms with Crippen molar-refractivity contribution in [3.63, 3.8) is 0 Å². The molecule has 0 amide bonds. The molecule has 0 aliphatic heterocycles. The molecule has 0 saturated carbocycles. The summed E-state index contributed by atoms with van der Waals surface area (Å²) in [5.41, 5.74) is 9.22. The molecule has 3 aromatic rings. The van der Waals surface area contributed by atoms with E-state index in [2.05, 4.69) is 5.10 Å². The number of halogens is 1. The lowest BCUT2D eigenvalue weighted by Crippen LogP contribution is -1.97. The van der Waals surface area contributed by atoms with Gasteiger partial charge in [0.25, 0.3) is 0 Å². The van der Waals surface area contributed by atoms with E-state index >= 15 is 0 Å². The number of anilines is 1. The molecule has 2 heterocycles. The third kappa shape index (κ3) is 1.89. The van der Waals surface area contributed by atoms with Gasteiger partial charge in [0.15, 0.2) is 0 Å². The van der Waals surface area contributed by atoms with Crippen molar-refractivity contribution < 1.29 is 8.81 Å². The van der Waals surface area contributed by atoms with Crippen LogP contribution in [0.1, 0.15) is 0 Å². The van der Waals surface area contributed by atoms with Crippen LogP contribution in [0.2, 0.25) is 0 Å². The number of furan rings is 1. The first-order valence-electron chi connectivity index (χ1n) is 5.78. The molecule has 0 unspecified atom stereocenters. The van der Waals surface area contributed by atoms with Gasteiger partial charge in [0, 0.05) is 12.6 Å². The lowest BCUT2D eigenvalue weighted by atomic mass is 10.0. The SMILES string of the molecule is Cn1nc(-c2ccoc2)c(-c2ccc(F)cc2)c1N. The van der Waals surface area contributed by atoms with Crippen molar-refractivity contribution in [1.82, 2.24) is 9.78 Å². The van der Waals surface area contributed by atoms with Gasteiger partial charge >= 0.3 is 0 Å². The van der Waals surface area contributed by atoms with Crippen LogP contribution in [0.15, 0.2) is 47.3 Å². The van der Waals surface area contributed by atoms with Crippen LogP contribution >= 0.6 is 0 Å². The minimum Gasteiger partial charge on any atom is -0.472 e. The van der Waals surface area contributed by atoms with E-state index in [0.717, 1.165) is 22.4 Å². The maximum atomic E-state index is 13.0. The molecule has 3 rings (SSSR count). The first kappa shape index (κ1) is 11.5. The largest absolute Gasteiger partial charge is 0.472 e. The molecule has 0 spiro atoms. The zero-order valence-corrected chi connectivity index (χ0v) is 10.3. The highest BCUT2D eigenvalue weighted by Gasteiger charge is 2.17. The zero-order chi connectivity index (χ0) is 13.4. The van der Waals surface area contributed by atoms with Crippen molar-refractivity contribution in [1.29, 1.82) is 0 Å². The van der Waals surface area contributed by atoms with Gasteiger partial charge in [-0.05, 0) is 23.8 Å². The predicted molar refractivity (Wildman–Crippen MR) is 70.7 cm³/mol. The first-order valence-corrected chi connectivity index (χ1v) is 5.78. The number of nitrogens with zero attached hydrogens (tertiary/aromatic N) is 2. The number of hydrogen-bond donors (Lipinski definition) is 1. The lowest BCUT2D eigenvalue weighted by Gasteiger charge is -2.03. The van der Waals surface area contributed by atoms with E-state index in [0.29, 0.717) is 5.82 Å². The maximum absolute atomic E-state index is 13.0. The smallest absolute Gasteiger partial charge is 0.129 e. The monoisotopic (exact) mass is 257 g/mol. The van der Waals surface area contributed by atoms with Crippen molar-refractivity contribution in [2.24, 2.45) is 7.05 Å². The molecule has 96 valence electrons. The molecule has 19 heavy (non-hydrogen) atoms. The third-order valence-electron chi connectivity index (χ3n) is 3.02. The van der Waals surface area contributed by atoms with E-state index in [4.69, 9.17) is 10.2 Å². The van der Waals surface area contributed by atoms with Gasteiger partial charge in [-0.15, -0.1) is 0 Å². The molecule has 2 N–H and O–H groups in total. The van der Waals surface area contributed by atoms with Crippen molar-refractivity contribution in [3.8, 4) is 22.4 Å². The molecule has 0 fully saturated rings. The van der Waals surface area contributed by atoms with Crippen LogP contribution in [-0.2, 0) is 7.05 Å². The van der Waals surface area contributed by atoms with E-state index in [1.54, 1.807) is 36.4 Å². The lowest BCUT2D eigenvalue weighted by molar-refractivity contribution is 0.568. The van der Waals surface area contributed by atoms with Crippen LogP contribution in [0, 0.1) is 5.82 Å². The van der Waals surface area contributed by atoms with Crippen molar-refractivity contribution in [3.05, 3.63) is 48.7 Å². The van der Waals surface area contributed by atoms with Crippen molar-refractivity contribution in [2.75, 3.05) is 5.73 Å². The summed E-state index contributed by atoms with van der Waals surface area (Å²) in [6, 6.07) is 8.00. The Morgan fingerprint density at radius 1 is 1.16 bits per heavy atom. The molecule has 0 atom stereocenters. The van der Waals surface area contributed by atoms with Gasteiger partial charge in [-0.25, -0.2) is 4.39 Å². The number of aryl methyl sites for hydroxylation is 1. The fourth-order valence-electron chi connectivity index (χ4n) is 2.04. The number of aromatic nitrogens is 2. The summed E-state index contributed by atoms with van der Waals surface area (Å²) in [7, 11) is 1.77. The molecule has 0 bridgehead atoms. The van der Waals surface area contributed by atoms with Crippen LogP contribution in [0.3, 0.4) is 0 Å². The Hall–Kier alpha value is -2.56. The first-order chi connectivity index (χ1) is 9.16. The number of benzene rings is 1. The number of nitrogen functional groups attached to an aromatic ring is 1. The highest BCUT2D eigenvalue weighted by Crippen LogP contribution is 2.35. The molecule has 5 heteroatoms.